The molecule has 1 atom stereocenters. The van der Waals surface area contributed by atoms with Crippen molar-refractivity contribution in [3.63, 3.8) is 0 Å². The van der Waals surface area contributed by atoms with Crippen LogP contribution in [0.2, 0.25) is 0 Å². The number of ketones is 5. The van der Waals surface area contributed by atoms with Crippen LogP contribution >= 0.6 is 0 Å². The minimum atomic E-state index is -0.656. The summed E-state index contributed by atoms with van der Waals surface area (Å²) in [5, 5.41) is 0. The van der Waals surface area contributed by atoms with Crippen LogP contribution in [0, 0.1) is 40.9 Å². The second-order valence-corrected chi connectivity index (χ2v) is 22.3. The highest BCUT2D eigenvalue weighted by atomic mass is 16.7. The molecule has 0 spiro atoms. The highest BCUT2D eigenvalue weighted by Crippen LogP contribution is 2.36. The van der Waals surface area contributed by atoms with E-state index in [1.54, 1.807) is 0 Å². The molecule has 9 nitrogen and oxygen atoms in total. The summed E-state index contributed by atoms with van der Waals surface area (Å²) < 4.78 is 24.6. The van der Waals surface area contributed by atoms with Gasteiger partial charge in [0.1, 0.15) is 28.9 Å². The molecule has 0 aliphatic heterocycles. The fourth-order valence-corrected chi connectivity index (χ4v) is 7.19. The maximum Gasteiger partial charge on any atom is 0.170 e. The monoisotopic (exact) mass is 971 g/mol. The lowest BCUT2D eigenvalue weighted by atomic mass is 9.86. The Balaban J connectivity index is -0.000000308. The Bertz CT molecular complexity index is 1250. The van der Waals surface area contributed by atoms with Crippen molar-refractivity contribution in [1.82, 2.24) is 0 Å². The van der Waals surface area contributed by atoms with Crippen LogP contribution < -0.4 is 0 Å². The van der Waals surface area contributed by atoms with Crippen LogP contribution in [-0.2, 0) is 42.9 Å². The van der Waals surface area contributed by atoms with Crippen LogP contribution in [0.3, 0.4) is 0 Å². The van der Waals surface area contributed by atoms with E-state index in [9.17, 15) is 24.0 Å². The molecule has 9 heteroatoms. The maximum absolute atomic E-state index is 12.0. The first-order valence-electron chi connectivity index (χ1n) is 26.4. The molecule has 408 valence electrons. The van der Waals surface area contributed by atoms with Gasteiger partial charge in [0.05, 0.1) is 26.4 Å². The van der Waals surface area contributed by atoms with E-state index in [0.29, 0.717) is 95.2 Å². The fourth-order valence-electron chi connectivity index (χ4n) is 7.19. The standard InChI is InChI=1S/C23H42O4.C23H44O4.C10H20O.3CH4/c1-19(2)11-9-17-26-23(15-6-5-7-16-23)27-18-10-13-21(24)12-8-14-22(25)20(3)4;1-18(2)12-10-16-26-23(8,22(5,6)7)27-17-11-14-20(24)13-9-15-21(25)19(3)4;1-8(2)6-5-7-10(11)9(3)4;;;/h19-20H,5-18H2,1-4H3;18-19H,9-17H2,1-8H3;8-9H,5-7H2,1-4H3;3*1H4. The third-order valence-corrected chi connectivity index (χ3v) is 12.4. The predicted molar refractivity (Wildman–Crippen MR) is 290 cm³/mol. The summed E-state index contributed by atoms with van der Waals surface area (Å²) in [5.41, 5.74) is -0.147. The van der Waals surface area contributed by atoms with Crippen molar-refractivity contribution in [1.29, 1.82) is 0 Å². The molecule has 0 saturated heterocycles. The summed E-state index contributed by atoms with van der Waals surface area (Å²) in [5.74, 6) is 2.75. The number of carbonyl (C=O) groups excluding carboxylic acids is 5. The smallest absolute Gasteiger partial charge is 0.170 e. The molecule has 0 heterocycles. The molecular formula is C59H118O9. The summed E-state index contributed by atoms with van der Waals surface area (Å²) in [4.78, 5) is 58.3. The van der Waals surface area contributed by atoms with E-state index in [1.807, 2.05) is 48.5 Å². The van der Waals surface area contributed by atoms with Gasteiger partial charge in [0.25, 0.3) is 0 Å². The van der Waals surface area contributed by atoms with Gasteiger partial charge in [-0.2, -0.15) is 0 Å². The van der Waals surface area contributed by atoms with Gasteiger partial charge in [0, 0.05) is 81.0 Å². The lowest BCUT2D eigenvalue weighted by Crippen LogP contribution is -2.45. The number of rotatable bonds is 35. The maximum atomic E-state index is 12.0. The van der Waals surface area contributed by atoms with Crippen LogP contribution in [0.5, 0.6) is 0 Å². The Labute approximate surface area is 423 Å². The topological polar surface area (TPSA) is 122 Å². The Morgan fingerprint density at radius 1 is 0.412 bits per heavy atom. The lowest BCUT2D eigenvalue weighted by Gasteiger charge is -2.41. The van der Waals surface area contributed by atoms with Crippen molar-refractivity contribution in [2.45, 2.75) is 286 Å². The molecule has 1 fully saturated rings. The zero-order valence-electron chi connectivity index (χ0n) is 45.5. The Kier molecular flexibility index (Phi) is 47.3. The van der Waals surface area contributed by atoms with Gasteiger partial charge in [0.15, 0.2) is 11.6 Å². The van der Waals surface area contributed by atoms with Gasteiger partial charge < -0.3 is 18.9 Å². The number of hydrogen-bond acceptors (Lipinski definition) is 9. The van der Waals surface area contributed by atoms with Gasteiger partial charge in [-0.25, -0.2) is 0 Å². The fraction of sp³-hybridized carbons (Fsp3) is 0.915. The van der Waals surface area contributed by atoms with Crippen molar-refractivity contribution < 1.29 is 42.9 Å². The summed E-state index contributed by atoms with van der Waals surface area (Å²) in [7, 11) is 0. The van der Waals surface area contributed by atoms with Crippen molar-refractivity contribution in [2.24, 2.45) is 40.9 Å². The third-order valence-electron chi connectivity index (χ3n) is 12.4. The van der Waals surface area contributed by atoms with Crippen molar-refractivity contribution in [2.75, 3.05) is 26.4 Å². The minimum Gasteiger partial charge on any atom is -0.350 e. The lowest BCUT2D eigenvalue weighted by molar-refractivity contribution is -0.278. The minimum absolute atomic E-state index is 0. The van der Waals surface area contributed by atoms with E-state index in [0.717, 1.165) is 76.7 Å². The Morgan fingerprint density at radius 3 is 1.09 bits per heavy atom. The van der Waals surface area contributed by atoms with Gasteiger partial charge in [-0.15, -0.1) is 0 Å². The highest BCUT2D eigenvalue weighted by Gasteiger charge is 2.39. The van der Waals surface area contributed by atoms with Crippen LogP contribution in [-0.4, -0.2) is 66.9 Å². The van der Waals surface area contributed by atoms with E-state index < -0.39 is 11.6 Å². The molecule has 68 heavy (non-hydrogen) atoms. The van der Waals surface area contributed by atoms with Crippen molar-refractivity contribution >= 4 is 28.9 Å². The highest BCUT2D eigenvalue weighted by molar-refractivity contribution is 5.83. The molecular weight excluding hydrogens is 853 g/mol. The van der Waals surface area contributed by atoms with E-state index in [4.69, 9.17) is 18.9 Å². The molecule has 1 aliphatic carbocycles. The summed E-state index contributed by atoms with van der Waals surface area (Å²) in [6, 6.07) is 0. The Morgan fingerprint density at radius 2 is 0.721 bits per heavy atom. The van der Waals surface area contributed by atoms with E-state index in [2.05, 4.69) is 62.3 Å². The average molecular weight is 972 g/mol. The van der Waals surface area contributed by atoms with Gasteiger partial charge in [-0.3, -0.25) is 24.0 Å². The normalized spacial score (nSPS) is 14.3. The van der Waals surface area contributed by atoms with Crippen LogP contribution in [0.4, 0.5) is 0 Å². The average Bonchev–Trinajstić information content (AvgIpc) is 3.21. The largest absolute Gasteiger partial charge is 0.350 e. The quantitative estimate of drug-likeness (QED) is 0.0451. The molecule has 0 N–H and O–H groups in total. The number of hydrogen-bond donors (Lipinski definition) is 0. The van der Waals surface area contributed by atoms with E-state index in [-0.39, 0.29) is 68.6 Å². The number of Topliss-reactive ketones (excluding diaryl/α,β-unsaturated/α-hetero) is 5. The van der Waals surface area contributed by atoms with Gasteiger partial charge in [-0.1, -0.05) is 139 Å². The number of carbonyl (C=O) groups is 5. The summed E-state index contributed by atoms with van der Waals surface area (Å²) in [6.45, 7) is 35.8. The zero-order chi connectivity index (χ0) is 50.1. The van der Waals surface area contributed by atoms with Gasteiger partial charge >= 0.3 is 0 Å². The predicted octanol–water partition coefficient (Wildman–Crippen LogP) is 16.8. The SMILES string of the molecule is C.C.C.CC(C)CCCC(=O)C(C)C.CC(C)CCCOC(C)(OCCCC(=O)CCCC(=O)C(C)C)C(C)(C)C.CC(C)CCCOC1(OCCCC(=O)CCCC(=O)C(C)C)CCCCC1. The molecule has 0 aromatic carbocycles. The molecule has 1 unspecified atom stereocenters. The molecule has 0 amide bonds. The van der Waals surface area contributed by atoms with Crippen LogP contribution in [0.15, 0.2) is 0 Å². The molecule has 1 aliphatic rings. The first-order valence-corrected chi connectivity index (χ1v) is 26.4. The second-order valence-electron chi connectivity index (χ2n) is 22.3. The first-order chi connectivity index (χ1) is 30.3. The van der Waals surface area contributed by atoms with Crippen molar-refractivity contribution in [3.8, 4) is 0 Å². The summed E-state index contributed by atoms with van der Waals surface area (Å²) in [6.07, 6.45) is 18.8. The van der Waals surface area contributed by atoms with E-state index >= 15 is 0 Å². The van der Waals surface area contributed by atoms with Crippen LogP contribution in [0.1, 0.15) is 274 Å². The molecule has 0 bridgehead atoms. The third kappa shape index (κ3) is 40.9. The zero-order valence-corrected chi connectivity index (χ0v) is 45.5. The molecule has 1 rings (SSSR count). The van der Waals surface area contributed by atoms with Crippen molar-refractivity contribution in [3.05, 3.63) is 0 Å². The molecule has 0 aromatic rings. The van der Waals surface area contributed by atoms with Gasteiger partial charge in [0.2, 0.25) is 0 Å². The van der Waals surface area contributed by atoms with E-state index in [1.165, 1.54) is 19.3 Å². The molecule has 0 radical (unpaired) electrons. The molecule has 1 saturated carbocycles. The molecule has 0 aromatic heterocycles. The first kappa shape index (κ1) is 75.1. The second kappa shape index (κ2) is 42.8. The number of ether oxygens (including phenoxy) is 4. The van der Waals surface area contributed by atoms with Gasteiger partial charge in [-0.05, 0) is 95.3 Å². The Hall–Kier alpha value is -1.81. The summed E-state index contributed by atoms with van der Waals surface area (Å²) >= 11 is 0. The van der Waals surface area contributed by atoms with Crippen LogP contribution in [0.25, 0.3) is 0 Å².